The van der Waals surface area contributed by atoms with E-state index in [1.165, 1.54) is 23.9 Å². The van der Waals surface area contributed by atoms with Gasteiger partial charge in [-0.3, -0.25) is 9.89 Å². The zero-order chi connectivity index (χ0) is 20.5. The highest BCUT2D eigenvalue weighted by Crippen LogP contribution is 2.38. The lowest BCUT2D eigenvalue weighted by molar-refractivity contribution is -0.117. The smallest absolute Gasteiger partial charge is 0.252 e. The number of hydrogen-bond acceptors (Lipinski definition) is 5. The lowest BCUT2D eigenvalue weighted by Gasteiger charge is -2.25. The van der Waals surface area contributed by atoms with Crippen molar-refractivity contribution in [3.63, 3.8) is 0 Å². The van der Waals surface area contributed by atoms with Crippen LogP contribution >= 0.6 is 58.8 Å². The van der Waals surface area contributed by atoms with Crippen LogP contribution in [0.2, 0.25) is 15.1 Å². The average Bonchev–Trinajstić information content (AvgIpc) is 3.23. The maximum absolute atomic E-state index is 12.7. The van der Waals surface area contributed by atoms with Crippen LogP contribution in [0, 0.1) is 4.77 Å². The molecule has 1 atom stereocenters. The van der Waals surface area contributed by atoms with Gasteiger partial charge in [0.2, 0.25) is 4.77 Å². The number of aromatic amines is 1. The van der Waals surface area contributed by atoms with Crippen molar-refractivity contribution in [2.24, 2.45) is 0 Å². The second kappa shape index (κ2) is 8.57. The summed E-state index contributed by atoms with van der Waals surface area (Å²) in [7, 11) is 0. The number of thioether (sulfide) groups is 1. The van der Waals surface area contributed by atoms with Gasteiger partial charge in [-0.1, -0.05) is 65.1 Å². The van der Waals surface area contributed by atoms with E-state index < -0.39 is 0 Å². The van der Waals surface area contributed by atoms with Crippen LogP contribution in [0.25, 0.3) is 0 Å². The Labute approximate surface area is 190 Å². The van der Waals surface area contributed by atoms with E-state index in [-0.39, 0.29) is 38.5 Å². The van der Waals surface area contributed by atoms with E-state index in [4.69, 9.17) is 51.8 Å². The van der Waals surface area contributed by atoms with Gasteiger partial charge in [-0.05, 0) is 29.9 Å². The summed E-state index contributed by atoms with van der Waals surface area (Å²) in [6.07, 6.45) is 0. The summed E-state index contributed by atoms with van der Waals surface area (Å²) in [6, 6.07) is 12.8. The minimum Gasteiger partial charge on any atom is -0.482 e. The third-order valence-electron chi connectivity index (χ3n) is 4.17. The fourth-order valence-electron chi connectivity index (χ4n) is 2.93. The fourth-order valence-corrected chi connectivity index (χ4v) is 5.23. The number of rotatable bonds is 5. The molecule has 6 nitrogen and oxygen atoms in total. The number of carbonyl (C=O) groups excluding carboxylic acids is 1. The van der Waals surface area contributed by atoms with Crippen molar-refractivity contribution in [1.82, 2.24) is 14.9 Å². The first kappa shape index (κ1) is 20.6. The monoisotopic (exact) mass is 486 g/mol. The molecule has 1 saturated heterocycles. The molecule has 0 bridgehead atoms. The molecule has 0 spiro atoms. The van der Waals surface area contributed by atoms with E-state index in [2.05, 4.69) is 10.2 Å². The Morgan fingerprint density at radius 3 is 2.59 bits per heavy atom. The number of halogens is 3. The molecule has 1 unspecified atom stereocenters. The Morgan fingerprint density at radius 2 is 1.90 bits per heavy atom. The minimum atomic E-state index is -0.227. The third-order valence-corrected chi connectivity index (χ3v) is 6.41. The molecule has 2 heterocycles. The van der Waals surface area contributed by atoms with Gasteiger partial charge in [-0.2, -0.15) is 5.10 Å². The number of hydrogen-bond donors (Lipinski definition) is 1. The number of nitrogens with one attached hydrogen (secondary N) is 1. The van der Waals surface area contributed by atoms with Crippen molar-refractivity contribution in [2.75, 3.05) is 10.8 Å². The molecule has 2 aromatic carbocycles. The summed E-state index contributed by atoms with van der Waals surface area (Å²) in [4.78, 5) is 12.7. The lowest BCUT2D eigenvalue weighted by atomic mass is 10.2. The van der Waals surface area contributed by atoms with Gasteiger partial charge in [-0.25, -0.2) is 9.69 Å². The normalized spacial score (nSPS) is 16.4. The molecule has 1 aliphatic heterocycles. The highest BCUT2D eigenvalue weighted by atomic mass is 35.5. The van der Waals surface area contributed by atoms with Crippen molar-refractivity contribution in [2.45, 2.75) is 12.0 Å². The standard InChI is InChI=1S/C18H13Cl3N4O2S2/c19-11-6-12(20)16(13(21)7-11)27-8-14-22-23-18(28)24(14)25-15(26)9-29-17(25)10-4-2-1-3-5-10/h1-7,17H,8-9H2,(H,23,28). The quantitative estimate of drug-likeness (QED) is 0.489. The summed E-state index contributed by atoms with van der Waals surface area (Å²) in [5.74, 6) is 0.945. The molecule has 1 N–H and O–H groups in total. The maximum atomic E-state index is 12.7. The van der Waals surface area contributed by atoms with Crippen molar-refractivity contribution in [3.8, 4) is 5.75 Å². The van der Waals surface area contributed by atoms with Gasteiger partial charge in [0.15, 0.2) is 11.6 Å². The molecular weight excluding hydrogens is 475 g/mol. The predicted molar refractivity (Wildman–Crippen MR) is 118 cm³/mol. The fraction of sp³-hybridized carbons (Fsp3) is 0.167. The molecule has 1 fully saturated rings. The van der Waals surface area contributed by atoms with Crippen LogP contribution in [-0.4, -0.2) is 26.5 Å². The topological polar surface area (TPSA) is 63.1 Å². The first-order chi connectivity index (χ1) is 14.0. The molecule has 4 rings (SSSR count). The van der Waals surface area contributed by atoms with E-state index in [0.717, 1.165) is 5.56 Å². The van der Waals surface area contributed by atoms with E-state index in [0.29, 0.717) is 16.6 Å². The number of amides is 1. The molecule has 1 aromatic heterocycles. The van der Waals surface area contributed by atoms with Crippen LogP contribution in [0.5, 0.6) is 5.75 Å². The zero-order valence-corrected chi connectivity index (χ0v) is 18.5. The largest absolute Gasteiger partial charge is 0.482 e. The van der Waals surface area contributed by atoms with E-state index in [9.17, 15) is 4.79 Å². The van der Waals surface area contributed by atoms with Gasteiger partial charge in [-0.15, -0.1) is 11.8 Å². The molecule has 3 aromatic rings. The number of ether oxygens (including phenoxy) is 1. The number of aromatic nitrogens is 3. The highest BCUT2D eigenvalue weighted by molar-refractivity contribution is 8.00. The minimum absolute atomic E-state index is 0.00975. The van der Waals surface area contributed by atoms with Gasteiger partial charge >= 0.3 is 0 Å². The molecule has 29 heavy (non-hydrogen) atoms. The summed E-state index contributed by atoms with van der Waals surface area (Å²) < 4.78 is 7.63. The zero-order valence-electron chi connectivity index (χ0n) is 14.6. The van der Waals surface area contributed by atoms with Gasteiger partial charge in [0.1, 0.15) is 12.0 Å². The Kier molecular flexibility index (Phi) is 6.08. The summed E-state index contributed by atoms with van der Waals surface area (Å²) >= 11 is 25.2. The van der Waals surface area contributed by atoms with E-state index in [1.807, 2.05) is 30.3 Å². The van der Waals surface area contributed by atoms with Crippen LogP contribution in [0.15, 0.2) is 42.5 Å². The third kappa shape index (κ3) is 4.13. The number of nitrogens with zero attached hydrogens (tertiary/aromatic N) is 3. The second-order valence-corrected chi connectivity index (χ2v) is 8.76. The number of H-pyrrole nitrogens is 1. The Morgan fingerprint density at radius 1 is 1.21 bits per heavy atom. The molecule has 0 saturated carbocycles. The molecule has 150 valence electrons. The van der Waals surface area contributed by atoms with Gasteiger partial charge in [0.05, 0.1) is 15.8 Å². The molecule has 11 heteroatoms. The van der Waals surface area contributed by atoms with Gasteiger partial charge in [0, 0.05) is 5.02 Å². The summed E-state index contributed by atoms with van der Waals surface area (Å²) in [6.45, 7) is -0.00975. The van der Waals surface area contributed by atoms with Crippen molar-refractivity contribution >= 4 is 64.7 Å². The second-order valence-electron chi connectivity index (χ2n) is 6.06. The van der Waals surface area contributed by atoms with Crippen molar-refractivity contribution in [1.29, 1.82) is 0 Å². The maximum Gasteiger partial charge on any atom is 0.252 e. The van der Waals surface area contributed by atoms with Crippen LogP contribution in [0.3, 0.4) is 0 Å². The van der Waals surface area contributed by atoms with E-state index in [1.54, 1.807) is 9.69 Å². The molecule has 0 radical (unpaired) electrons. The molecule has 1 aliphatic rings. The SMILES string of the molecule is O=C1CSC(c2ccccc2)N1n1c(COc2c(Cl)cc(Cl)cc2Cl)n[nH]c1=S. The number of benzene rings is 2. The van der Waals surface area contributed by atoms with Crippen molar-refractivity contribution < 1.29 is 9.53 Å². The van der Waals surface area contributed by atoms with E-state index >= 15 is 0 Å². The summed E-state index contributed by atoms with van der Waals surface area (Å²) in [5.41, 5.74) is 0.988. The molecule has 0 aliphatic carbocycles. The van der Waals surface area contributed by atoms with Crippen LogP contribution < -0.4 is 9.75 Å². The first-order valence-electron chi connectivity index (χ1n) is 8.38. The van der Waals surface area contributed by atoms with Crippen LogP contribution in [-0.2, 0) is 11.4 Å². The predicted octanol–water partition coefficient (Wildman–Crippen LogP) is 5.39. The van der Waals surface area contributed by atoms with Gasteiger partial charge in [0.25, 0.3) is 5.91 Å². The number of carbonyl (C=O) groups is 1. The Bertz CT molecular complexity index is 1100. The Hall–Kier alpha value is -1.71. The van der Waals surface area contributed by atoms with Crippen LogP contribution in [0.1, 0.15) is 16.8 Å². The Balaban J connectivity index is 1.65. The van der Waals surface area contributed by atoms with Crippen molar-refractivity contribution in [3.05, 3.63) is 73.7 Å². The average molecular weight is 488 g/mol. The molecule has 1 amide bonds. The summed E-state index contributed by atoms with van der Waals surface area (Å²) in [5, 5.41) is 9.27. The highest BCUT2D eigenvalue weighted by Gasteiger charge is 2.36. The molecular formula is C18H13Cl3N4O2S2. The first-order valence-corrected chi connectivity index (χ1v) is 11.0. The van der Waals surface area contributed by atoms with Crippen LogP contribution in [0.4, 0.5) is 0 Å². The lowest BCUT2D eigenvalue weighted by Crippen LogP contribution is -2.39. The van der Waals surface area contributed by atoms with Gasteiger partial charge < -0.3 is 4.74 Å².